The van der Waals surface area contributed by atoms with Gasteiger partial charge < -0.3 is 5.32 Å². The van der Waals surface area contributed by atoms with Gasteiger partial charge in [-0.3, -0.25) is 9.78 Å². The molecule has 0 spiro atoms. The number of nitrogens with zero attached hydrogens (tertiary/aromatic N) is 3. The van der Waals surface area contributed by atoms with Crippen molar-refractivity contribution in [1.82, 2.24) is 14.8 Å². The predicted molar refractivity (Wildman–Crippen MR) is 120 cm³/mol. The van der Waals surface area contributed by atoms with Crippen molar-refractivity contribution in [3.63, 3.8) is 0 Å². The number of aromatic nitrogens is 3. The predicted octanol–water partition coefficient (Wildman–Crippen LogP) is 5.53. The molecule has 0 unspecified atom stereocenters. The highest BCUT2D eigenvalue weighted by atomic mass is 16.1. The van der Waals surface area contributed by atoms with Crippen molar-refractivity contribution < 1.29 is 4.79 Å². The third-order valence-electron chi connectivity index (χ3n) is 4.93. The van der Waals surface area contributed by atoms with E-state index in [0.717, 1.165) is 40.2 Å². The lowest BCUT2D eigenvalue weighted by atomic mass is 10.1. The molecule has 0 amide bonds. The Balaban J connectivity index is 1.57. The molecule has 0 aliphatic rings. The SMILES string of the molecule is CCCC(=O)c1ccc(NCc2cn(-c3ccccc3)nc2-c2ccncc2)cc1. The number of anilines is 1. The summed E-state index contributed by atoms with van der Waals surface area (Å²) in [6, 6.07) is 21.7. The lowest BCUT2D eigenvalue weighted by Gasteiger charge is -2.08. The topological polar surface area (TPSA) is 59.8 Å². The largest absolute Gasteiger partial charge is 0.381 e. The minimum Gasteiger partial charge on any atom is -0.381 e. The molecule has 5 heteroatoms. The van der Waals surface area contributed by atoms with Gasteiger partial charge in [0.15, 0.2) is 5.78 Å². The van der Waals surface area contributed by atoms with Gasteiger partial charge in [0.2, 0.25) is 0 Å². The fourth-order valence-electron chi connectivity index (χ4n) is 3.35. The number of nitrogens with one attached hydrogen (secondary N) is 1. The van der Waals surface area contributed by atoms with Crippen LogP contribution >= 0.6 is 0 Å². The van der Waals surface area contributed by atoms with Crippen LogP contribution in [-0.2, 0) is 6.54 Å². The van der Waals surface area contributed by atoms with Crippen LogP contribution in [0.4, 0.5) is 5.69 Å². The van der Waals surface area contributed by atoms with Crippen LogP contribution in [0.25, 0.3) is 16.9 Å². The molecule has 0 saturated carbocycles. The second-order valence-corrected chi connectivity index (χ2v) is 7.12. The highest BCUT2D eigenvalue weighted by Crippen LogP contribution is 2.24. The zero-order valence-corrected chi connectivity index (χ0v) is 17.0. The van der Waals surface area contributed by atoms with Gasteiger partial charge in [-0.25, -0.2) is 4.68 Å². The van der Waals surface area contributed by atoms with E-state index >= 15 is 0 Å². The number of carbonyl (C=O) groups is 1. The van der Waals surface area contributed by atoms with E-state index in [1.165, 1.54) is 0 Å². The second-order valence-electron chi connectivity index (χ2n) is 7.12. The van der Waals surface area contributed by atoms with Crippen molar-refractivity contribution >= 4 is 11.5 Å². The number of carbonyl (C=O) groups excluding carboxylic acids is 1. The van der Waals surface area contributed by atoms with Gasteiger partial charge in [-0.1, -0.05) is 25.1 Å². The molecule has 5 nitrogen and oxygen atoms in total. The van der Waals surface area contributed by atoms with Crippen molar-refractivity contribution in [3.05, 3.63) is 96.4 Å². The molecule has 2 heterocycles. The fraction of sp³-hybridized carbons (Fsp3) is 0.160. The van der Waals surface area contributed by atoms with E-state index < -0.39 is 0 Å². The van der Waals surface area contributed by atoms with E-state index in [-0.39, 0.29) is 5.78 Å². The molecule has 4 rings (SSSR count). The molecule has 0 radical (unpaired) electrons. The Morgan fingerprint density at radius 3 is 2.40 bits per heavy atom. The highest BCUT2D eigenvalue weighted by molar-refractivity contribution is 5.96. The Bertz CT molecular complexity index is 1100. The molecule has 0 fully saturated rings. The van der Waals surface area contributed by atoms with Gasteiger partial charge in [-0.2, -0.15) is 5.10 Å². The summed E-state index contributed by atoms with van der Waals surface area (Å²) >= 11 is 0. The molecule has 0 bridgehead atoms. The first-order valence-corrected chi connectivity index (χ1v) is 10.2. The molecule has 4 aromatic rings. The maximum atomic E-state index is 12.0. The third-order valence-corrected chi connectivity index (χ3v) is 4.93. The number of ketones is 1. The van der Waals surface area contributed by atoms with E-state index in [2.05, 4.69) is 16.5 Å². The normalized spacial score (nSPS) is 10.7. The number of pyridine rings is 1. The number of para-hydroxylation sites is 1. The van der Waals surface area contributed by atoms with Crippen LogP contribution in [0, 0.1) is 0 Å². The Hall–Kier alpha value is -3.73. The fourth-order valence-corrected chi connectivity index (χ4v) is 3.35. The maximum absolute atomic E-state index is 12.0. The lowest BCUT2D eigenvalue weighted by molar-refractivity contribution is 0.0982. The van der Waals surface area contributed by atoms with Crippen LogP contribution in [0.2, 0.25) is 0 Å². The first-order valence-electron chi connectivity index (χ1n) is 10.2. The van der Waals surface area contributed by atoms with Crippen molar-refractivity contribution in [2.75, 3.05) is 5.32 Å². The minimum absolute atomic E-state index is 0.188. The van der Waals surface area contributed by atoms with Crippen LogP contribution < -0.4 is 5.32 Å². The Labute approximate surface area is 176 Å². The van der Waals surface area contributed by atoms with Crippen molar-refractivity contribution in [1.29, 1.82) is 0 Å². The molecular weight excluding hydrogens is 372 g/mol. The average Bonchev–Trinajstić information content (AvgIpc) is 3.24. The smallest absolute Gasteiger partial charge is 0.162 e. The molecular formula is C25H24N4O. The summed E-state index contributed by atoms with van der Waals surface area (Å²) in [5, 5.41) is 8.28. The zero-order chi connectivity index (χ0) is 20.8. The van der Waals surface area contributed by atoms with Crippen LogP contribution in [0.3, 0.4) is 0 Å². The molecule has 150 valence electrons. The molecule has 0 aliphatic heterocycles. The monoisotopic (exact) mass is 396 g/mol. The van der Waals surface area contributed by atoms with E-state index in [0.29, 0.717) is 13.0 Å². The van der Waals surface area contributed by atoms with Crippen molar-refractivity contribution in [2.24, 2.45) is 0 Å². The van der Waals surface area contributed by atoms with Crippen LogP contribution in [0.15, 0.2) is 85.3 Å². The average molecular weight is 396 g/mol. The molecule has 2 aromatic carbocycles. The van der Waals surface area contributed by atoms with Gasteiger partial charge in [-0.05, 0) is 55.0 Å². The standard InChI is InChI=1S/C25H24N4O/c1-2-6-24(30)19-9-11-22(12-10-19)27-17-21-18-29(23-7-4-3-5-8-23)28-25(21)20-13-15-26-16-14-20/h3-5,7-16,18,27H,2,6,17H2,1H3. The third kappa shape index (κ3) is 4.46. The summed E-state index contributed by atoms with van der Waals surface area (Å²) in [6.07, 6.45) is 7.06. The first kappa shape index (κ1) is 19.6. The van der Waals surface area contributed by atoms with E-state index in [1.807, 2.05) is 78.3 Å². The molecule has 0 saturated heterocycles. The summed E-state index contributed by atoms with van der Waals surface area (Å²) in [5.41, 5.74) is 5.77. The number of Topliss-reactive ketones (excluding diaryl/α,β-unsaturated/α-hetero) is 1. The van der Waals surface area contributed by atoms with Gasteiger partial charge in [0.1, 0.15) is 0 Å². The van der Waals surface area contributed by atoms with E-state index in [1.54, 1.807) is 12.4 Å². The minimum atomic E-state index is 0.188. The van der Waals surface area contributed by atoms with Crippen LogP contribution in [0.1, 0.15) is 35.7 Å². The van der Waals surface area contributed by atoms with E-state index in [9.17, 15) is 4.79 Å². The quantitative estimate of drug-likeness (QED) is 0.398. The first-order chi connectivity index (χ1) is 14.7. The maximum Gasteiger partial charge on any atom is 0.162 e. The summed E-state index contributed by atoms with van der Waals surface area (Å²) < 4.78 is 1.90. The van der Waals surface area contributed by atoms with Crippen LogP contribution in [0.5, 0.6) is 0 Å². The lowest BCUT2D eigenvalue weighted by Crippen LogP contribution is -2.02. The van der Waals surface area contributed by atoms with Gasteiger partial charge in [0, 0.05) is 53.9 Å². The van der Waals surface area contributed by atoms with Crippen molar-refractivity contribution in [2.45, 2.75) is 26.3 Å². The van der Waals surface area contributed by atoms with E-state index in [4.69, 9.17) is 5.10 Å². The molecule has 30 heavy (non-hydrogen) atoms. The summed E-state index contributed by atoms with van der Waals surface area (Å²) in [7, 11) is 0. The van der Waals surface area contributed by atoms with Crippen molar-refractivity contribution in [3.8, 4) is 16.9 Å². The second kappa shape index (κ2) is 9.18. The van der Waals surface area contributed by atoms with Gasteiger partial charge in [-0.15, -0.1) is 0 Å². The number of rotatable bonds is 8. The molecule has 2 aromatic heterocycles. The van der Waals surface area contributed by atoms with Crippen LogP contribution in [-0.4, -0.2) is 20.5 Å². The molecule has 0 aliphatic carbocycles. The van der Waals surface area contributed by atoms with Gasteiger partial charge >= 0.3 is 0 Å². The Morgan fingerprint density at radius 1 is 0.967 bits per heavy atom. The number of hydrogen-bond donors (Lipinski definition) is 1. The zero-order valence-electron chi connectivity index (χ0n) is 17.0. The summed E-state index contributed by atoms with van der Waals surface area (Å²) in [5.74, 6) is 0.188. The number of hydrogen-bond acceptors (Lipinski definition) is 4. The van der Waals surface area contributed by atoms with Gasteiger partial charge in [0.25, 0.3) is 0 Å². The Morgan fingerprint density at radius 2 is 1.70 bits per heavy atom. The number of benzene rings is 2. The molecule has 0 atom stereocenters. The molecule has 1 N–H and O–H groups in total. The Kier molecular flexibility index (Phi) is 5.99. The summed E-state index contributed by atoms with van der Waals surface area (Å²) in [6.45, 7) is 2.64. The highest BCUT2D eigenvalue weighted by Gasteiger charge is 2.12. The summed E-state index contributed by atoms with van der Waals surface area (Å²) in [4.78, 5) is 16.2. The van der Waals surface area contributed by atoms with Gasteiger partial charge in [0.05, 0.1) is 11.4 Å².